The first-order valence-corrected chi connectivity index (χ1v) is 4.32. The molecule has 0 aromatic carbocycles. The molecule has 0 aliphatic rings. The topological polar surface area (TPSA) is 74.7 Å². The molecular formula is C10H12N4. The van der Waals surface area contributed by atoms with E-state index in [-0.39, 0.29) is 0 Å². The molecule has 0 saturated heterocycles. The van der Waals surface area contributed by atoms with Gasteiger partial charge in [0.25, 0.3) is 0 Å². The zero-order valence-electron chi connectivity index (χ0n) is 7.77. The standard InChI is InChI=1S/C10H12N4/c11-5-1-2-6-13-10-4-3-9(7-12)8-14-10/h1-4,8H,5-6,11H2,(H,13,14)/b2-1+. The lowest BCUT2D eigenvalue weighted by atomic mass is 10.3. The molecule has 1 heterocycles. The second-order valence-corrected chi connectivity index (χ2v) is 2.63. The molecule has 0 saturated carbocycles. The van der Waals surface area contributed by atoms with E-state index in [9.17, 15) is 0 Å². The van der Waals surface area contributed by atoms with Gasteiger partial charge in [-0.3, -0.25) is 0 Å². The van der Waals surface area contributed by atoms with E-state index in [2.05, 4.69) is 10.3 Å². The molecule has 0 amide bonds. The number of nitrogens with zero attached hydrogens (tertiary/aromatic N) is 2. The van der Waals surface area contributed by atoms with Crippen molar-refractivity contribution < 1.29 is 0 Å². The van der Waals surface area contributed by atoms with E-state index in [1.165, 1.54) is 6.20 Å². The van der Waals surface area contributed by atoms with E-state index < -0.39 is 0 Å². The van der Waals surface area contributed by atoms with E-state index in [0.717, 1.165) is 5.82 Å². The van der Waals surface area contributed by atoms with Crippen molar-refractivity contribution in [2.45, 2.75) is 0 Å². The molecule has 0 unspecified atom stereocenters. The largest absolute Gasteiger partial charge is 0.367 e. The van der Waals surface area contributed by atoms with Crippen LogP contribution in [0.2, 0.25) is 0 Å². The highest BCUT2D eigenvalue weighted by atomic mass is 15.0. The second-order valence-electron chi connectivity index (χ2n) is 2.63. The number of nitrogens with two attached hydrogens (primary N) is 1. The summed E-state index contributed by atoms with van der Waals surface area (Å²) >= 11 is 0. The van der Waals surface area contributed by atoms with Crippen LogP contribution >= 0.6 is 0 Å². The van der Waals surface area contributed by atoms with Crippen molar-refractivity contribution in [3.8, 4) is 6.07 Å². The normalized spacial score (nSPS) is 10.0. The molecule has 3 N–H and O–H groups in total. The smallest absolute Gasteiger partial charge is 0.126 e. The quantitative estimate of drug-likeness (QED) is 0.688. The van der Waals surface area contributed by atoms with Crippen molar-refractivity contribution in [1.82, 2.24) is 4.98 Å². The third-order valence-electron chi connectivity index (χ3n) is 1.60. The van der Waals surface area contributed by atoms with Crippen LogP contribution in [0.3, 0.4) is 0 Å². The fraction of sp³-hybridized carbons (Fsp3) is 0.200. The van der Waals surface area contributed by atoms with Gasteiger partial charge in [0, 0.05) is 19.3 Å². The van der Waals surface area contributed by atoms with Gasteiger partial charge in [-0.2, -0.15) is 5.26 Å². The molecule has 4 nitrogen and oxygen atoms in total. The summed E-state index contributed by atoms with van der Waals surface area (Å²) in [6, 6.07) is 5.51. The molecule has 0 spiro atoms. The first-order valence-electron chi connectivity index (χ1n) is 4.32. The summed E-state index contributed by atoms with van der Waals surface area (Å²) in [6.07, 6.45) is 5.34. The molecule has 1 aromatic heterocycles. The predicted molar refractivity (Wildman–Crippen MR) is 55.6 cm³/mol. The first kappa shape index (κ1) is 10.2. The third kappa shape index (κ3) is 3.25. The summed E-state index contributed by atoms with van der Waals surface area (Å²) in [5.41, 5.74) is 5.84. The molecule has 72 valence electrons. The fourth-order valence-corrected chi connectivity index (χ4v) is 0.908. The Morgan fingerprint density at radius 2 is 2.36 bits per heavy atom. The molecule has 14 heavy (non-hydrogen) atoms. The summed E-state index contributed by atoms with van der Waals surface area (Å²) in [7, 11) is 0. The molecule has 0 aliphatic heterocycles. The van der Waals surface area contributed by atoms with Crippen LogP contribution in [0.25, 0.3) is 0 Å². The van der Waals surface area contributed by atoms with Gasteiger partial charge >= 0.3 is 0 Å². The lowest BCUT2D eigenvalue weighted by molar-refractivity contribution is 1.19. The van der Waals surface area contributed by atoms with Crippen LogP contribution in [0.1, 0.15) is 5.56 Å². The average Bonchev–Trinajstić information content (AvgIpc) is 2.25. The summed E-state index contributed by atoms with van der Waals surface area (Å²) in [4.78, 5) is 4.05. The summed E-state index contributed by atoms with van der Waals surface area (Å²) < 4.78 is 0. The monoisotopic (exact) mass is 188 g/mol. The number of pyridine rings is 1. The van der Waals surface area contributed by atoms with E-state index in [0.29, 0.717) is 18.7 Å². The molecular weight excluding hydrogens is 176 g/mol. The Bertz CT molecular complexity index is 334. The van der Waals surface area contributed by atoms with Crippen molar-refractivity contribution in [3.05, 3.63) is 36.0 Å². The van der Waals surface area contributed by atoms with Crippen LogP contribution in [0.15, 0.2) is 30.5 Å². The number of aromatic nitrogens is 1. The summed E-state index contributed by atoms with van der Waals surface area (Å²) in [6.45, 7) is 1.23. The molecule has 0 radical (unpaired) electrons. The third-order valence-corrected chi connectivity index (χ3v) is 1.60. The van der Waals surface area contributed by atoms with Crippen molar-refractivity contribution in [2.24, 2.45) is 5.73 Å². The van der Waals surface area contributed by atoms with Gasteiger partial charge in [0.1, 0.15) is 11.9 Å². The van der Waals surface area contributed by atoms with Crippen LogP contribution < -0.4 is 11.1 Å². The van der Waals surface area contributed by atoms with Crippen molar-refractivity contribution >= 4 is 5.82 Å². The minimum atomic E-state index is 0.544. The van der Waals surface area contributed by atoms with Gasteiger partial charge in [0.15, 0.2) is 0 Å². The van der Waals surface area contributed by atoms with Crippen LogP contribution in [-0.2, 0) is 0 Å². The second kappa shape index (κ2) is 5.73. The van der Waals surface area contributed by atoms with Gasteiger partial charge in [-0.25, -0.2) is 4.98 Å². The Morgan fingerprint density at radius 1 is 1.50 bits per heavy atom. The maximum atomic E-state index is 8.54. The van der Waals surface area contributed by atoms with E-state index in [4.69, 9.17) is 11.0 Å². The molecule has 1 rings (SSSR count). The number of nitriles is 1. The van der Waals surface area contributed by atoms with Gasteiger partial charge in [0.2, 0.25) is 0 Å². The number of hydrogen-bond donors (Lipinski definition) is 2. The molecule has 0 bridgehead atoms. The fourth-order valence-electron chi connectivity index (χ4n) is 0.908. The van der Waals surface area contributed by atoms with Gasteiger partial charge in [-0.05, 0) is 12.1 Å². The van der Waals surface area contributed by atoms with Crippen molar-refractivity contribution in [1.29, 1.82) is 5.26 Å². The van der Waals surface area contributed by atoms with Gasteiger partial charge in [-0.1, -0.05) is 12.2 Å². The molecule has 0 fully saturated rings. The SMILES string of the molecule is N#Cc1ccc(NC/C=C/CN)nc1. The number of rotatable bonds is 4. The molecule has 4 heteroatoms. The Labute approximate surface area is 83.1 Å². The number of hydrogen-bond acceptors (Lipinski definition) is 4. The lowest BCUT2D eigenvalue weighted by Gasteiger charge is -2.00. The number of nitrogens with one attached hydrogen (secondary N) is 1. The van der Waals surface area contributed by atoms with E-state index in [1.807, 2.05) is 18.2 Å². The zero-order valence-corrected chi connectivity index (χ0v) is 7.77. The van der Waals surface area contributed by atoms with Crippen LogP contribution in [-0.4, -0.2) is 18.1 Å². The minimum absolute atomic E-state index is 0.544. The van der Waals surface area contributed by atoms with Gasteiger partial charge in [-0.15, -0.1) is 0 Å². The Balaban J connectivity index is 2.45. The van der Waals surface area contributed by atoms with Crippen molar-refractivity contribution in [2.75, 3.05) is 18.4 Å². The highest BCUT2D eigenvalue weighted by molar-refractivity contribution is 5.39. The van der Waals surface area contributed by atoms with Crippen molar-refractivity contribution in [3.63, 3.8) is 0 Å². The minimum Gasteiger partial charge on any atom is -0.367 e. The predicted octanol–water partition coefficient (Wildman–Crippen LogP) is 0.880. The van der Waals surface area contributed by atoms with Crippen LogP contribution in [0, 0.1) is 11.3 Å². The maximum Gasteiger partial charge on any atom is 0.126 e. The summed E-state index contributed by atoms with van der Waals surface area (Å²) in [5, 5.41) is 11.6. The van der Waals surface area contributed by atoms with Gasteiger partial charge in [0.05, 0.1) is 5.56 Å². The summed E-state index contributed by atoms with van der Waals surface area (Å²) in [5.74, 6) is 0.755. The van der Waals surface area contributed by atoms with Crippen LogP contribution in [0.5, 0.6) is 0 Å². The number of anilines is 1. The Morgan fingerprint density at radius 3 is 2.93 bits per heavy atom. The first-order chi connectivity index (χ1) is 6.86. The molecule has 0 aliphatic carbocycles. The van der Waals surface area contributed by atoms with E-state index in [1.54, 1.807) is 12.1 Å². The van der Waals surface area contributed by atoms with Crippen LogP contribution in [0.4, 0.5) is 5.82 Å². The molecule has 0 atom stereocenters. The lowest BCUT2D eigenvalue weighted by Crippen LogP contribution is -2.01. The van der Waals surface area contributed by atoms with Gasteiger partial charge < -0.3 is 11.1 Å². The highest BCUT2D eigenvalue weighted by Crippen LogP contribution is 2.02. The molecule has 1 aromatic rings. The maximum absolute atomic E-state index is 8.54. The highest BCUT2D eigenvalue weighted by Gasteiger charge is 1.91. The Kier molecular flexibility index (Phi) is 4.18. The average molecular weight is 188 g/mol. The van der Waals surface area contributed by atoms with E-state index >= 15 is 0 Å². The zero-order chi connectivity index (χ0) is 10.2. The Hall–Kier alpha value is -1.86.